The highest BCUT2D eigenvalue weighted by Gasteiger charge is 2.85. The second kappa shape index (κ2) is 8.03. The Kier molecular flexibility index (Phi) is 5.38. The van der Waals surface area contributed by atoms with Crippen LogP contribution in [0.2, 0.25) is 0 Å². The molecule has 0 saturated heterocycles. The first-order chi connectivity index (χ1) is 16.3. The molecule has 2 aromatic rings. The summed E-state index contributed by atoms with van der Waals surface area (Å²) in [7, 11) is 0. The molecular weight excluding hydrogens is 428 g/mol. The average molecular weight is 459 g/mol. The van der Waals surface area contributed by atoms with E-state index < -0.39 is 21.8 Å². The van der Waals surface area contributed by atoms with E-state index in [4.69, 9.17) is 14.2 Å². The van der Waals surface area contributed by atoms with Crippen molar-refractivity contribution in [3.8, 4) is 0 Å². The van der Waals surface area contributed by atoms with Gasteiger partial charge in [-0.2, -0.15) is 0 Å². The van der Waals surface area contributed by atoms with Gasteiger partial charge < -0.3 is 14.2 Å². The van der Waals surface area contributed by atoms with Gasteiger partial charge in [0.1, 0.15) is 11.0 Å². The fourth-order valence-corrected chi connectivity index (χ4v) is 6.24. The SMILES string of the molecule is C=C1C(=O)C[C@@]23OC=C[C@@]12C(=O)[C@@](C)(COCc1ccccc1)[C@@]3(C)COCc1ccccc1. The maximum absolute atomic E-state index is 14.3. The van der Waals surface area contributed by atoms with Crippen molar-refractivity contribution in [1.82, 2.24) is 0 Å². The molecule has 5 heteroatoms. The van der Waals surface area contributed by atoms with E-state index >= 15 is 0 Å². The number of ether oxygens (including phenoxy) is 3. The van der Waals surface area contributed by atoms with Gasteiger partial charge in [-0.15, -0.1) is 0 Å². The number of hydrogen-bond acceptors (Lipinski definition) is 5. The average Bonchev–Trinajstić information content (AvgIpc) is 3.37. The summed E-state index contributed by atoms with van der Waals surface area (Å²) in [6.07, 6.45) is 3.40. The minimum Gasteiger partial charge on any atom is -0.492 e. The predicted molar refractivity (Wildman–Crippen MR) is 128 cm³/mol. The van der Waals surface area contributed by atoms with Crippen LogP contribution in [0.15, 0.2) is 85.2 Å². The molecule has 0 spiro atoms. The molecule has 0 bridgehead atoms. The van der Waals surface area contributed by atoms with E-state index in [-0.39, 0.29) is 31.2 Å². The Hall–Kier alpha value is -3.02. The molecule has 2 aliphatic carbocycles. The van der Waals surface area contributed by atoms with E-state index in [0.29, 0.717) is 18.8 Å². The molecule has 176 valence electrons. The van der Waals surface area contributed by atoms with Crippen LogP contribution in [0.25, 0.3) is 0 Å². The van der Waals surface area contributed by atoms with Crippen molar-refractivity contribution in [1.29, 1.82) is 0 Å². The normalized spacial score (nSPS) is 33.8. The molecule has 0 radical (unpaired) electrons. The van der Waals surface area contributed by atoms with Gasteiger partial charge in [-0.05, 0) is 24.1 Å². The Morgan fingerprint density at radius 3 is 2.03 bits per heavy atom. The topological polar surface area (TPSA) is 61.8 Å². The Morgan fingerprint density at radius 1 is 0.882 bits per heavy atom. The van der Waals surface area contributed by atoms with Crippen LogP contribution in [0.5, 0.6) is 0 Å². The fourth-order valence-electron chi connectivity index (χ4n) is 6.24. The van der Waals surface area contributed by atoms with Gasteiger partial charge in [-0.3, -0.25) is 9.59 Å². The molecule has 0 amide bonds. The highest BCUT2D eigenvalue weighted by molar-refractivity contribution is 6.14. The second-order valence-corrected chi connectivity index (χ2v) is 10.1. The van der Waals surface area contributed by atoms with Gasteiger partial charge in [-0.25, -0.2) is 0 Å². The summed E-state index contributed by atoms with van der Waals surface area (Å²) in [5, 5.41) is 0. The van der Waals surface area contributed by atoms with Crippen LogP contribution in [0.3, 0.4) is 0 Å². The molecule has 5 rings (SSSR count). The van der Waals surface area contributed by atoms with Crippen LogP contribution < -0.4 is 0 Å². The van der Waals surface area contributed by atoms with Crippen molar-refractivity contribution in [2.45, 2.75) is 39.1 Å². The van der Waals surface area contributed by atoms with Crippen molar-refractivity contribution in [2.75, 3.05) is 13.2 Å². The lowest BCUT2D eigenvalue weighted by molar-refractivity contribution is -0.164. The lowest BCUT2D eigenvalue weighted by atomic mass is 9.61. The third-order valence-electron chi connectivity index (χ3n) is 8.42. The predicted octanol–water partition coefficient (Wildman–Crippen LogP) is 4.81. The van der Waals surface area contributed by atoms with Crippen LogP contribution in [0.4, 0.5) is 0 Å². The van der Waals surface area contributed by atoms with E-state index in [1.165, 1.54) is 0 Å². The summed E-state index contributed by atoms with van der Waals surface area (Å²) in [4.78, 5) is 27.2. The summed E-state index contributed by atoms with van der Waals surface area (Å²) in [6.45, 7) is 9.20. The van der Waals surface area contributed by atoms with Gasteiger partial charge in [0.15, 0.2) is 11.6 Å². The second-order valence-electron chi connectivity index (χ2n) is 10.1. The van der Waals surface area contributed by atoms with Crippen LogP contribution in [-0.4, -0.2) is 30.4 Å². The summed E-state index contributed by atoms with van der Waals surface area (Å²) in [5.74, 6) is -0.206. The van der Waals surface area contributed by atoms with Crippen LogP contribution in [0, 0.1) is 16.2 Å². The first-order valence-electron chi connectivity index (χ1n) is 11.7. The number of hydrogen-bond donors (Lipinski definition) is 0. The molecule has 1 heterocycles. The molecule has 2 fully saturated rings. The van der Waals surface area contributed by atoms with Crippen molar-refractivity contribution in [2.24, 2.45) is 16.2 Å². The molecule has 5 nitrogen and oxygen atoms in total. The zero-order valence-corrected chi connectivity index (χ0v) is 19.7. The largest absolute Gasteiger partial charge is 0.492 e. The Balaban J connectivity index is 1.48. The number of carbonyl (C=O) groups excluding carboxylic acids is 2. The Morgan fingerprint density at radius 2 is 1.44 bits per heavy atom. The number of rotatable bonds is 8. The molecule has 2 aromatic carbocycles. The van der Waals surface area contributed by atoms with Gasteiger partial charge in [0.2, 0.25) is 0 Å². The molecule has 0 unspecified atom stereocenters. The number of Topliss-reactive ketones (excluding diaryl/α,β-unsaturated/α-hetero) is 2. The fraction of sp³-hybridized carbons (Fsp3) is 0.379. The molecule has 0 N–H and O–H groups in total. The molecule has 1 aliphatic heterocycles. The zero-order chi connectivity index (χ0) is 24.0. The van der Waals surface area contributed by atoms with Gasteiger partial charge in [0.05, 0.1) is 44.5 Å². The van der Waals surface area contributed by atoms with Gasteiger partial charge in [-0.1, -0.05) is 74.2 Å². The van der Waals surface area contributed by atoms with E-state index in [1.807, 2.05) is 74.5 Å². The number of benzene rings is 2. The zero-order valence-electron chi connectivity index (χ0n) is 19.7. The van der Waals surface area contributed by atoms with Gasteiger partial charge >= 0.3 is 0 Å². The highest BCUT2D eigenvalue weighted by atomic mass is 16.5. The van der Waals surface area contributed by atoms with Crippen molar-refractivity contribution in [3.05, 3.63) is 96.3 Å². The standard InChI is InChI=1S/C29H30O5/c1-21-24(30)16-29-27(3,20-33-18-23-12-8-5-9-13-23)26(2,25(31)28(21,29)14-15-34-29)19-32-17-22-10-6-4-7-11-22/h4-15H,1,16-20H2,2-3H3/t26-,27-,28+,29+/m1/s1. The minimum absolute atomic E-state index is 0.0801. The maximum Gasteiger partial charge on any atom is 0.163 e. The third-order valence-corrected chi connectivity index (χ3v) is 8.42. The van der Waals surface area contributed by atoms with Crippen LogP contribution in [0.1, 0.15) is 31.4 Å². The lowest BCUT2D eigenvalue weighted by Crippen LogP contribution is -2.56. The molecule has 34 heavy (non-hydrogen) atoms. The smallest absolute Gasteiger partial charge is 0.163 e. The van der Waals surface area contributed by atoms with Gasteiger partial charge in [0, 0.05) is 11.0 Å². The third kappa shape index (κ3) is 2.87. The summed E-state index contributed by atoms with van der Waals surface area (Å²) in [6, 6.07) is 19.8. The lowest BCUT2D eigenvalue weighted by Gasteiger charge is -2.47. The molecule has 4 atom stereocenters. The number of carbonyl (C=O) groups is 2. The van der Waals surface area contributed by atoms with E-state index in [2.05, 4.69) is 6.58 Å². The minimum atomic E-state index is -1.18. The van der Waals surface area contributed by atoms with Crippen molar-refractivity contribution in [3.63, 3.8) is 0 Å². The highest BCUT2D eigenvalue weighted by Crippen LogP contribution is 2.74. The van der Waals surface area contributed by atoms with E-state index in [0.717, 1.165) is 11.1 Å². The Labute approximate surface area is 200 Å². The monoisotopic (exact) mass is 458 g/mol. The summed E-state index contributed by atoms with van der Waals surface area (Å²) < 4.78 is 18.6. The molecular formula is C29H30O5. The van der Waals surface area contributed by atoms with Crippen molar-refractivity contribution >= 4 is 11.6 Å². The summed E-state index contributed by atoms with van der Waals surface area (Å²) in [5.41, 5.74) is -1.64. The Bertz CT molecular complexity index is 1160. The summed E-state index contributed by atoms with van der Waals surface area (Å²) >= 11 is 0. The first kappa shape index (κ1) is 22.8. The maximum atomic E-state index is 14.3. The number of ketones is 2. The van der Waals surface area contributed by atoms with Crippen molar-refractivity contribution < 1.29 is 23.8 Å². The molecule has 0 aromatic heterocycles. The molecule has 3 aliphatic rings. The van der Waals surface area contributed by atoms with E-state index in [1.54, 1.807) is 12.3 Å². The first-order valence-corrected chi connectivity index (χ1v) is 11.7. The quantitative estimate of drug-likeness (QED) is 0.531. The van der Waals surface area contributed by atoms with E-state index in [9.17, 15) is 9.59 Å². The van der Waals surface area contributed by atoms with Gasteiger partial charge in [0.25, 0.3) is 0 Å². The van der Waals surface area contributed by atoms with Crippen LogP contribution in [-0.2, 0) is 37.0 Å². The molecule has 2 saturated carbocycles. The van der Waals surface area contributed by atoms with Crippen LogP contribution >= 0.6 is 0 Å².